The van der Waals surface area contributed by atoms with Crippen LogP contribution in [0.15, 0.2) is 118 Å². The summed E-state index contributed by atoms with van der Waals surface area (Å²) in [6.07, 6.45) is 10.6. The number of rotatable bonds is 4. The second-order valence-corrected chi connectivity index (χ2v) is 13.6. The van der Waals surface area contributed by atoms with Crippen LogP contribution in [0.1, 0.15) is 35.0 Å². The number of nitrogens with zero attached hydrogens (tertiary/aromatic N) is 1. The first kappa shape index (κ1) is 26.9. The van der Waals surface area contributed by atoms with Gasteiger partial charge in [0.15, 0.2) is 0 Å². The Morgan fingerprint density at radius 3 is 2.37 bits per heavy atom. The molecule has 0 aliphatic heterocycles. The molecule has 7 rings (SSSR count). The number of halogens is 2. The third kappa shape index (κ3) is 4.48. The molecule has 0 spiro atoms. The van der Waals surface area contributed by atoms with Crippen LogP contribution in [0.4, 0.5) is 0 Å². The van der Waals surface area contributed by atoms with E-state index in [-0.39, 0.29) is 24.8 Å². The van der Waals surface area contributed by atoms with Gasteiger partial charge in [-0.15, -0.1) is 0 Å². The molecule has 1 aromatic heterocycles. The largest absolute Gasteiger partial charge is 1.00 e. The van der Waals surface area contributed by atoms with Gasteiger partial charge < -0.3 is 24.8 Å². The molecule has 0 saturated heterocycles. The molecule has 4 aromatic carbocycles. The van der Waals surface area contributed by atoms with Gasteiger partial charge in [-0.3, -0.25) is 0 Å². The zero-order valence-electron chi connectivity index (χ0n) is 21.4. The fraction of sp³-hybridized carbons (Fsp3) is 0.118. The smallest absolute Gasteiger partial charge is 1.00 e. The average Bonchev–Trinajstić information content (AvgIpc) is 3.61. The summed E-state index contributed by atoms with van der Waals surface area (Å²) in [4.78, 5) is 0. The average molecular weight is 612 g/mol. The van der Waals surface area contributed by atoms with Gasteiger partial charge in [0.05, 0.1) is 0 Å². The van der Waals surface area contributed by atoms with Crippen molar-refractivity contribution in [2.75, 3.05) is 0 Å². The minimum atomic E-state index is -0.809. The monoisotopic (exact) mass is 609 g/mol. The summed E-state index contributed by atoms with van der Waals surface area (Å²) >= 11 is -0.809. The molecule has 186 valence electrons. The Kier molecular flexibility index (Phi) is 7.70. The number of hydrogen-bond donors (Lipinski definition) is 0. The van der Waals surface area contributed by atoms with Crippen LogP contribution < -0.4 is 24.8 Å². The third-order valence-electron chi connectivity index (χ3n) is 7.78. The molecule has 0 fully saturated rings. The van der Waals surface area contributed by atoms with E-state index in [4.69, 9.17) is 0 Å². The second-order valence-electron chi connectivity index (χ2n) is 10.0. The van der Waals surface area contributed by atoms with Crippen LogP contribution in [0.2, 0.25) is 0 Å². The van der Waals surface area contributed by atoms with Crippen LogP contribution in [0.5, 0.6) is 0 Å². The molecular formula is C34H27Cl2NZr. The van der Waals surface area contributed by atoms with E-state index in [0.717, 1.165) is 6.42 Å². The fourth-order valence-corrected chi connectivity index (χ4v) is 9.83. The van der Waals surface area contributed by atoms with Gasteiger partial charge in [0.25, 0.3) is 0 Å². The molecule has 2 aliphatic carbocycles. The molecule has 2 aliphatic rings. The van der Waals surface area contributed by atoms with E-state index in [9.17, 15) is 0 Å². The number of aromatic nitrogens is 1. The minimum Gasteiger partial charge on any atom is -1.00 e. The Balaban J connectivity index is 0.00000147. The molecule has 0 saturated carbocycles. The standard InChI is InChI=1S/C28H20N.C6H7.2ClH.Zr/c1-19-15-22-17-23(29-14-13-21-8-3-5-12-28(21)29)18-27(26(22)16-19)25-11-6-9-20-7-2-4-10-24(20)25;1-6-4-2-3-5-6;;;/h2-18H,1H3;2,4H,3H2,1H3;2*1H;/q;;;;+2/p-2. The van der Waals surface area contributed by atoms with Crippen molar-refractivity contribution >= 4 is 27.8 Å². The molecule has 1 atom stereocenters. The number of allylic oxidation sites excluding steroid dienone is 5. The van der Waals surface area contributed by atoms with Crippen molar-refractivity contribution in [2.45, 2.75) is 23.9 Å². The zero-order chi connectivity index (χ0) is 24.2. The van der Waals surface area contributed by atoms with E-state index >= 15 is 0 Å². The van der Waals surface area contributed by atoms with E-state index in [1.54, 1.807) is 8.85 Å². The molecule has 5 aromatic rings. The molecule has 0 radical (unpaired) electrons. The summed E-state index contributed by atoms with van der Waals surface area (Å²) < 4.78 is 4.71. The van der Waals surface area contributed by atoms with E-state index in [1.165, 1.54) is 55.2 Å². The number of hydrogen-bond acceptors (Lipinski definition) is 0. The molecule has 1 unspecified atom stereocenters. The van der Waals surface area contributed by atoms with Crippen molar-refractivity contribution in [1.29, 1.82) is 0 Å². The molecular weight excluding hydrogens is 585 g/mol. The first-order chi connectivity index (χ1) is 17.7. The predicted molar refractivity (Wildman–Crippen MR) is 149 cm³/mol. The van der Waals surface area contributed by atoms with Crippen molar-refractivity contribution < 1.29 is 48.0 Å². The SMILES string of the molecule is CC1=Cc2c(-c3cccc4ccccc34)cc(-n3ccc4ccccc43)cc2[CH]1[Zr+2][C]1=C(C)C=CC1.[Cl-].[Cl-]. The van der Waals surface area contributed by atoms with Crippen LogP contribution in [-0.2, 0) is 23.2 Å². The van der Waals surface area contributed by atoms with E-state index in [1.807, 2.05) is 0 Å². The molecule has 38 heavy (non-hydrogen) atoms. The summed E-state index contributed by atoms with van der Waals surface area (Å²) in [6.45, 7) is 4.67. The zero-order valence-corrected chi connectivity index (χ0v) is 25.3. The van der Waals surface area contributed by atoms with Gasteiger partial charge in [-0.05, 0) is 0 Å². The maximum absolute atomic E-state index is 2.49. The second kappa shape index (κ2) is 10.9. The Bertz CT molecular complexity index is 1770. The Labute approximate surface area is 248 Å². The van der Waals surface area contributed by atoms with Gasteiger partial charge in [-0.25, -0.2) is 0 Å². The number of benzene rings is 4. The third-order valence-corrected chi connectivity index (χ3v) is 12.7. The van der Waals surface area contributed by atoms with Crippen LogP contribution in [0.25, 0.3) is 44.6 Å². The van der Waals surface area contributed by atoms with Crippen molar-refractivity contribution in [3.8, 4) is 16.8 Å². The first-order valence-electron chi connectivity index (χ1n) is 12.7. The van der Waals surface area contributed by atoms with Crippen LogP contribution >= 0.6 is 0 Å². The van der Waals surface area contributed by atoms with Gasteiger partial charge in [-0.1, -0.05) is 0 Å². The molecule has 0 bridgehead atoms. The molecule has 1 nitrogen and oxygen atoms in total. The number of para-hydroxylation sites is 1. The van der Waals surface area contributed by atoms with Gasteiger partial charge in [0, 0.05) is 0 Å². The van der Waals surface area contributed by atoms with Crippen LogP contribution in [0, 0.1) is 0 Å². The van der Waals surface area contributed by atoms with Gasteiger partial charge in [0.1, 0.15) is 0 Å². The summed E-state index contributed by atoms with van der Waals surface area (Å²) in [5.41, 5.74) is 11.2. The summed E-state index contributed by atoms with van der Waals surface area (Å²) in [6, 6.07) is 31.4. The predicted octanol–water partition coefficient (Wildman–Crippen LogP) is 3.23. The van der Waals surface area contributed by atoms with Gasteiger partial charge >= 0.3 is 225 Å². The minimum absolute atomic E-state index is 0. The Hall–Kier alpha value is -2.64. The molecule has 1 heterocycles. The van der Waals surface area contributed by atoms with E-state index < -0.39 is 23.2 Å². The van der Waals surface area contributed by atoms with Crippen molar-refractivity contribution in [1.82, 2.24) is 4.57 Å². The van der Waals surface area contributed by atoms with Crippen LogP contribution in [-0.4, -0.2) is 4.57 Å². The van der Waals surface area contributed by atoms with Crippen molar-refractivity contribution in [2.24, 2.45) is 0 Å². The fourth-order valence-electron chi connectivity index (χ4n) is 5.90. The topological polar surface area (TPSA) is 4.93 Å². The normalized spacial score (nSPS) is 15.7. The maximum atomic E-state index is 2.49. The van der Waals surface area contributed by atoms with E-state index in [2.05, 4.69) is 128 Å². The molecule has 0 N–H and O–H groups in total. The first-order valence-corrected chi connectivity index (χ1v) is 15.4. The van der Waals surface area contributed by atoms with Gasteiger partial charge in [-0.2, -0.15) is 0 Å². The molecule has 4 heteroatoms. The maximum Gasteiger partial charge on any atom is -1.00 e. The molecule has 0 amide bonds. The van der Waals surface area contributed by atoms with E-state index in [0.29, 0.717) is 3.63 Å². The number of fused-ring (bicyclic) bond motifs is 3. The summed E-state index contributed by atoms with van der Waals surface area (Å²) in [7, 11) is 0. The van der Waals surface area contributed by atoms with Crippen molar-refractivity contribution in [3.63, 3.8) is 0 Å². The summed E-state index contributed by atoms with van der Waals surface area (Å²) in [5, 5.41) is 3.90. The summed E-state index contributed by atoms with van der Waals surface area (Å²) in [5.74, 6) is 0. The van der Waals surface area contributed by atoms with Gasteiger partial charge in [0.2, 0.25) is 0 Å². The Morgan fingerprint density at radius 2 is 1.55 bits per heavy atom. The van der Waals surface area contributed by atoms with Crippen molar-refractivity contribution in [3.05, 3.63) is 129 Å². The Morgan fingerprint density at radius 1 is 0.789 bits per heavy atom. The van der Waals surface area contributed by atoms with Crippen LogP contribution in [0.3, 0.4) is 0 Å². The quantitative estimate of drug-likeness (QED) is 0.294.